The number of halogens is 1. The van der Waals surface area contributed by atoms with Crippen LogP contribution in [-0.4, -0.2) is 14.7 Å². The lowest BCUT2D eigenvalue weighted by Crippen LogP contribution is -1.94. The molecule has 4 nitrogen and oxygen atoms in total. The number of phenolic OH excluding ortho intramolecular Hbond substituents is 1. The Hall–Kier alpha value is -2.01. The Kier molecular flexibility index (Phi) is 2.71. The summed E-state index contributed by atoms with van der Waals surface area (Å²) >= 11 is 3.44. The topological polar surface area (TPSA) is 64.1 Å². The molecule has 5 heteroatoms. The Morgan fingerprint density at radius 2 is 2.00 bits per heavy atom. The van der Waals surface area contributed by atoms with Crippen molar-refractivity contribution in [2.24, 2.45) is 7.05 Å². The molecule has 0 aliphatic heterocycles. The highest BCUT2D eigenvalue weighted by molar-refractivity contribution is 9.10. The third kappa shape index (κ3) is 1.96. The Morgan fingerprint density at radius 3 is 2.74 bits per heavy atom. The quantitative estimate of drug-likeness (QED) is 0.534. The van der Waals surface area contributed by atoms with Gasteiger partial charge >= 0.3 is 0 Å². The van der Waals surface area contributed by atoms with Crippen molar-refractivity contribution in [3.05, 3.63) is 40.9 Å². The largest absolute Gasteiger partial charge is 0.506 e. The minimum atomic E-state index is 0.0882. The zero-order valence-electron chi connectivity index (χ0n) is 10.3. The number of aromatic nitrogens is 2. The highest BCUT2D eigenvalue weighted by Crippen LogP contribution is 2.29. The van der Waals surface area contributed by atoms with Crippen LogP contribution in [-0.2, 0) is 7.05 Å². The molecule has 1 aromatic heterocycles. The maximum absolute atomic E-state index is 9.48. The molecule has 0 radical (unpaired) electrons. The van der Waals surface area contributed by atoms with Gasteiger partial charge in [0.25, 0.3) is 0 Å². The predicted molar refractivity (Wildman–Crippen MR) is 79.9 cm³/mol. The van der Waals surface area contributed by atoms with Gasteiger partial charge in [-0.2, -0.15) is 0 Å². The van der Waals surface area contributed by atoms with Gasteiger partial charge in [0.2, 0.25) is 0 Å². The highest BCUT2D eigenvalue weighted by atomic mass is 79.9. The molecule has 19 heavy (non-hydrogen) atoms. The maximum atomic E-state index is 9.48. The summed E-state index contributed by atoms with van der Waals surface area (Å²) in [5.41, 5.74) is 8.93. The fourth-order valence-electron chi connectivity index (χ4n) is 2.12. The standard InChI is InChI=1S/C14H12BrN3O/c1-18-12-4-3-9(15)7-11(12)17-14(18)8-2-5-13(19)10(16)6-8/h2-7,19H,16H2,1H3. The number of nitrogens with zero attached hydrogens (tertiary/aromatic N) is 2. The van der Waals surface area contributed by atoms with Crippen LogP contribution in [0.3, 0.4) is 0 Å². The first kappa shape index (κ1) is 12.0. The minimum Gasteiger partial charge on any atom is -0.506 e. The number of aryl methyl sites for hydroxylation is 1. The second-order valence-corrected chi connectivity index (χ2v) is 5.32. The average molecular weight is 318 g/mol. The summed E-state index contributed by atoms with van der Waals surface area (Å²) in [5.74, 6) is 0.907. The molecule has 3 aromatic rings. The van der Waals surface area contributed by atoms with E-state index in [2.05, 4.69) is 20.9 Å². The number of imidazole rings is 1. The van der Waals surface area contributed by atoms with Crippen LogP contribution >= 0.6 is 15.9 Å². The van der Waals surface area contributed by atoms with Gasteiger partial charge in [-0.25, -0.2) is 4.98 Å². The lowest BCUT2D eigenvalue weighted by atomic mass is 10.2. The number of nitrogens with two attached hydrogens (primary N) is 1. The van der Waals surface area contributed by atoms with E-state index in [0.717, 1.165) is 26.9 Å². The monoisotopic (exact) mass is 317 g/mol. The first-order valence-electron chi connectivity index (χ1n) is 5.77. The molecule has 0 bridgehead atoms. The van der Waals surface area contributed by atoms with Crippen LogP contribution in [0.4, 0.5) is 5.69 Å². The van der Waals surface area contributed by atoms with Crippen molar-refractivity contribution in [1.82, 2.24) is 9.55 Å². The maximum Gasteiger partial charge on any atom is 0.140 e. The van der Waals surface area contributed by atoms with Crippen LogP contribution < -0.4 is 5.73 Å². The predicted octanol–water partition coefficient (Wildman–Crippen LogP) is 3.29. The third-order valence-corrected chi connectivity index (χ3v) is 3.62. The van der Waals surface area contributed by atoms with Gasteiger partial charge in [-0.3, -0.25) is 0 Å². The van der Waals surface area contributed by atoms with E-state index >= 15 is 0 Å². The zero-order valence-corrected chi connectivity index (χ0v) is 11.8. The number of rotatable bonds is 1. The van der Waals surface area contributed by atoms with Gasteiger partial charge in [0, 0.05) is 17.1 Å². The number of hydrogen-bond acceptors (Lipinski definition) is 3. The van der Waals surface area contributed by atoms with E-state index < -0.39 is 0 Å². The molecule has 0 amide bonds. The number of fused-ring (bicyclic) bond motifs is 1. The van der Waals surface area contributed by atoms with Crippen molar-refractivity contribution < 1.29 is 5.11 Å². The zero-order chi connectivity index (χ0) is 13.6. The number of phenols is 1. The van der Waals surface area contributed by atoms with Crippen molar-refractivity contribution in [1.29, 1.82) is 0 Å². The molecular formula is C14H12BrN3O. The third-order valence-electron chi connectivity index (χ3n) is 3.13. The summed E-state index contributed by atoms with van der Waals surface area (Å²) in [5, 5.41) is 9.48. The molecule has 0 saturated heterocycles. The van der Waals surface area contributed by atoms with Crippen LogP contribution in [0.5, 0.6) is 5.75 Å². The summed E-state index contributed by atoms with van der Waals surface area (Å²) in [6.45, 7) is 0. The fourth-order valence-corrected chi connectivity index (χ4v) is 2.47. The van der Waals surface area contributed by atoms with Crippen LogP contribution in [0.25, 0.3) is 22.4 Å². The number of nitrogen functional groups attached to an aromatic ring is 1. The number of hydrogen-bond donors (Lipinski definition) is 2. The van der Waals surface area contributed by atoms with E-state index in [-0.39, 0.29) is 5.75 Å². The summed E-state index contributed by atoms with van der Waals surface area (Å²) in [7, 11) is 1.96. The van der Waals surface area contributed by atoms with Gasteiger partial charge in [-0.15, -0.1) is 0 Å². The molecule has 96 valence electrons. The Morgan fingerprint density at radius 1 is 1.21 bits per heavy atom. The smallest absolute Gasteiger partial charge is 0.140 e. The summed E-state index contributed by atoms with van der Waals surface area (Å²) < 4.78 is 3.00. The van der Waals surface area contributed by atoms with Crippen LogP contribution in [0.2, 0.25) is 0 Å². The molecule has 0 aliphatic carbocycles. The lowest BCUT2D eigenvalue weighted by molar-refractivity contribution is 0.478. The van der Waals surface area contributed by atoms with E-state index in [0.29, 0.717) is 5.69 Å². The molecule has 2 aromatic carbocycles. The van der Waals surface area contributed by atoms with E-state index in [1.54, 1.807) is 12.1 Å². The molecule has 0 atom stereocenters. The van der Waals surface area contributed by atoms with E-state index in [9.17, 15) is 5.11 Å². The van der Waals surface area contributed by atoms with Crippen LogP contribution in [0.15, 0.2) is 40.9 Å². The van der Waals surface area contributed by atoms with Gasteiger partial charge in [-0.1, -0.05) is 15.9 Å². The van der Waals surface area contributed by atoms with Crippen molar-refractivity contribution in [3.8, 4) is 17.1 Å². The second-order valence-electron chi connectivity index (χ2n) is 4.40. The molecule has 0 spiro atoms. The van der Waals surface area contributed by atoms with Gasteiger partial charge in [0.15, 0.2) is 0 Å². The van der Waals surface area contributed by atoms with Crippen LogP contribution in [0, 0.1) is 0 Å². The summed E-state index contributed by atoms with van der Waals surface area (Å²) in [6.07, 6.45) is 0. The van der Waals surface area contributed by atoms with E-state index in [1.807, 2.05) is 35.9 Å². The Bertz CT molecular complexity index is 780. The second kappa shape index (κ2) is 4.28. The van der Waals surface area contributed by atoms with Gasteiger partial charge < -0.3 is 15.4 Å². The van der Waals surface area contributed by atoms with Crippen molar-refractivity contribution in [2.45, 2.75) is 0 Å². The van der Waals surface area contributed by atoms with E-state index in [1.165, 1.54) is 0 Å². The lowest BCUT2D eigenvalue weighted by Gasteiger charge is -2.04. The summed E-state index contributed by atoms with van der Waals surface area (Å²) in [4.78, 5) is 4.61. The molecular weight excluding hydrogens is 306 g/mol. The van der Waals surface area contributed by atoms with Crippen molar-refractivity contribution in [2.75, 3.05) is 5.73 Å². The first-order chi connectivity index (χ1) is 9.06. The Labute approximate surface area is 118 Å². The van der Waals surface area contributed by atoms with Crippen LogP contribution in [0.1, 0.15) is 0 Å². The van der Waals surface area contributed by atoms with Gasteiger partial charge in [0.05, 0.1) is 16.7 Å². The van der Waals surface area contributed by atoms with Crippen molar-refractivity contribution >= 4 is 32.7 Å². The number of aromatic hydroxyl groups is 1. The number of benzene rings is 2. The molecule has 3 N–H and O–H groups in total. The molecule has 1 heterocycles. The average Bonchev–Trinajstić information content (AvgIpc) is 2.70. The molecule has 3 rings (SSSR count). The molecule has 0 unspecified atom stereocenters. The Balaban J connectivity index is 2.24. The fraction of sp³-hybridized carbons (Fsp3) is 0.0714. The van der Waals surface area contributed by atoms with E-state index in [4.69, 9.17) is 5.73 Å². The van der Waals surface area contributed by atoms with Gasteiger partial charge in [0.1, 0.15) is 11.6 Å². The molecule has 0 saturated carbocycles. The normalized spacial score (nSPS) is 11.1. The van der Waals surface area contributed by atoms with Gasteiger partial charge in [-0.05, 0) is 36.4 Å². The first-order valence-corrected chi connectivity index (χ1v) is 6.56. The highest BCUT2D eigenvalue weighted by Gasteiger charge is 2.11. The van der Waals surface area contributed by atoms with Crippen molar-refractivity contribution in [3.63, 3.8) is 0 Å². The molecule has 0 fully saturated rings. The minimum absolute atomic E-state index is 0.0882. The number of anilines is 1. The summed E-state index contributed by atoms with van der Waals surface area (Å²) in [6, 6.07) is 11.1. The molecule has 0 aliphatic rings. The SMILES string of the molecule is Cn1c(-c2ccc(O)c(N)c2)nc2cc(Br)ccc21.